The number of thiazole rings is 1. The van der Waals surface area contributed by atoms with Gasteiger partial charge in [0.05, 0.1) is 5.69 Å². The number of nitrogens with zero attached hydrogens (tertiary/aromatic N) is 2. The van der Waals surface area contributed by atoms with Crippen LogP contribution in [-0.2, 0) is 0 Å². The first-order chi connectivity index (χ1) is 8.74. The molecule has 18 heavy (non-hydrogen) atoms. The number of aromatic nitrogens is 1. The van der Waals surface area contributed by atoms with Crippen LogP contribution in [0.25, 0.3) is 10.6 Å². The highest BCUT2D eigenvalue weighted by Gasteiger charge is 2.13. The van der Waals surface area contributed by atoms with Gasteiger partial charge in [0.25, 0.3) is 0 Å². The van der Waals surface area contributed by atoms with E-state index in [0.29, 0.717) is 0 Å². The molecule has 0 aliphatic carbocycles. The summed E-state index contributed by atoms with van der Waals surface area (Å²) in [7, 11) is 0. The Hall–Kier alpha value is -1.35. The lowest BCUT2D eigenvalue weighted by atomic mass is 10.2. The Balaban J connectivity index is 1.95. The van der Waals surface area contributed by atoms with E-state index >= 15 is 0 Å². The normalized spacial score (nSPS) is 15.3. The van der Waals surface area contributed by atoms with E-state index in [1.54, 1.807) is 11.3 Å². The summed E-state index contributed by atoms with van der Waals surface area (Å²) < 4.78 is 0. The number of benzene rings is 1. The van der Waals surface area contributed by atoms with Gasteiger partial charge in [-0.1, -0.05) is 12.1 Å². The summed E-state index contributed by atoms with van der Waals surface area (Å²) >= 11 is 1.79. The van der Waals surface area contributed by atoms with Gasteiger partial charge in [-0.05, 0) is 38.8 Å². The third-order valence-corrected chi connectivity index (χ3v) is 4.71. The van der Waals surface area contributed by atoms with Crippen molar-refractivity contribution < 1.29 is 0 Å². The van der Waals surface area contributed by atoms with Gasteiger partial charge in [0.2, 0.25) is 0 Å². The zero-order chi connectivity index (χ0) is 12.5. The van der Waals surface area contributed by atoms with Crippen LogP contribution in [0, 0.1) is 13.8 Å². The van der Waals surface area contributed by atoms with Gasteiger partial charge < -0.3 is 4.90 Å². The predicted molar refractivity (Wildman–Crippen MR) is 78.5 cm³/mol. The molecule has 94 valence electrons. The molecule has 1 aliphatic heterocycles. The van der Waals surface area contributed by atoms with Crippen LogP contribution in [0.3, 0.4) is 0 Å². The average Bonchev–Trinajstić information content (AvgIpc) is 3.01. The lowest BCUT2D eigenvalue weighted by molar-refractivity contribution is 0.949. The molecule has 3 rings (SSSR count). The maximum Gasteiger partial charge on any atom is 0.123 e. The third-order valence-electron chi connectivity index (χ3n) is 3.59. The molecule has 0 radical (unpaired) electrons. The van der Waals surface area contributed by atoms with E-state index < -0.39 is 0 Å². The van der Waals surface area contributed by atoms with Gasteiger partial charge in [-0.25, -0.2) is 4.98 Å². The summed E-state index contributed by atoms with van der Waals surface area (Å²) in [6, 6.07) is 8.80. The van der Waals surface area contributed by atoms with Crippen molar-refractivity contribution in [2.75, 3.05) is 18.0 Å². The first kappa shape index (κ1) is 11.7. The highest BCUT2D eigenvalue weighted by Crippen LogP contribution is 2.30. The van der Waals surface area contributed by atoms with Crippen molar-refractivity contribution in [3.8, 4) is 10.6 Å². The summed E-state index contributed by atoms with van der Waals surface area (Å²) in [5.41, 5.74) is 3.75. The number of rotatable bonds is 2. The average molecular weight is 258 g/mol. The Morgan fingerprint density at radius 2 is 1.94 bits per heavy atom. The number of anilines is 1. The third kappa shape index (κ3) is 2.15. The Morgan fingerprint density at radius 3 is 2.61 bits per heavy atom. The molecule has 0 unspecified atom stereocenters. The van der Waals surface area contributed by atoms with Crippen molar-refractivity contribution >= 4 is 17.0 Å². The molecule has 1 fully saturated rings. The van der Waals surface area contributed by atoms with E-state index in [2.05, 4.69) is 48.0 Å². The van der Waals surface area contributed by atoms with Gasteiger partial charge in [-0.2, -0.15) is 0 Å². The molecule has 2 nitrogen and oxygen atoms in total. The fourth-order valence-corrected chi connectivity index (χ4v) is 3.32. The number of hydrogen-bond donors (Lipinski definition) is 0. The molecule has 0 N–H and O–H groups in total. The molecule has 0 spiro atoms. The van der Waals surface area contributed by atoms with Crippen molar-refractivity contribution in [1.82, 2.24) is 4.98 Å². The van der Waals surface area contributed by atoms with E-state index in [0.717, 1.165) is 10.7 Å². The van der Waals surface area contributed by atoms with Gasteiger partial charge in [0.1, 0.15) is 5.01 Å². The second-order valence-corrected chi connectivity index (χ2v) is 6.11. The van der Waals surface area contributed by atoms with Crippen LogP contribution in [-0.4, -0.2) is 18.1 Å². The monoisotopic (exact) mass is 258 g/mol. The van der Waals surface area contributed by atoms with Crippen LogP contribution in [0.1, 0.15) is 23.4 Å². The fourth-order valence-electron chi connectivity index (χ4n) is 2.41. The summed E-state index contributed by atoms with van der Waals surface area (Å²) in [6.07, 6.45) is 2.64. The molecular weight excluding hydrogens is 240 g/mol. The molecule has 2 aromatic rings. The second-order valence-electron chi connectivity index (χ2n) is 4.91. The summed E-state index contributed by atoms with van der Waals surface area (Å²) in [5, 5.41) is 1.14. The van der Waals surface area contributed by atoms with Crippen molar-refractivity contribution in [1.29, 1.82) is 0 Å². The van der Waals surface area contributed by atoms with Gasteiger partial charge in [0, 0.05) is 29.2 Å². The van der Waals surface area contributed by atoms with Crippen molar-refractivity contribution in [3.63, 3.8) is 0 Å². The van der Waals surface area contributed by atoms with Crippen molar-refractivity contribution in [2.24, 2.45) is 0 Å². The molecule has 1 saturated heterocycles. The van der Waals surface area contributed by atoms with Crippen LogP contribution in [0.5, 0.6) is 0 Å². The van der Waals surface area contributed by atoms with Crippen molar-refractivity contribution in [3.05, 3.63) is 34.8 Å². The molecule has 3 heteroatoms. The van der Waals surface area contributed by atoms with Crippen LogP contribution >= 0.6 is 11.3 Å². The van der Waals surface area contributed by atoms with E-state index in [9.17, 15) is 0 Å². The summed E-state index contributed by atoms with van der Waals surface area (Å²) in [4.78, 5) is 8.43. The Kier molecular flexibility index (Phi) is 3.08. The lowest BCUT2D eigenvalue weighted by Gasteiger charge is -2.17. The van der Waals surface area contributed by atoms with Crippen LogP contribution in [0.4, 0.5) is 5.69 Å². The maximum atomic E-state index is 4.65. The molecule has 2 heterocycles. The minimum Gasteiger partial charge on any atom is -0.372 e. The van der Waals surface area contributed by atoms with Gasteiger partial charge >= 0.3 is 0 Å². The molecule has 0 atom stereocenters. The van der Waals surface area contributed by atoms with E-state index in [1.807, 2.05) is 0 Å². The Bertz CT molecular complexity index is 534. The molecule has 0 saturated carbocycles. The first-order valence-electron chi connectivity index (χ1n) is 6.53. The maximum absolute atomic E-state index is 4.65. The summed E-state index contributed by atoms with van der Waals surface area (Å²) in [5.74, 6) is 0. The smallest absolute Gasteiger partial charge is 0.123 e. The predicted octanol–water partition coefficient (Wildman–Crippen LogP) is 4.03. The Labute approximate surface area is 112 Å². The first-order valence-corrected chi connectivity index (χ1v) is 7.35. The molecule has 0 amide bonds. The zero-order valence-corrected chi connectivity index (χ0v) is 11.8. The lowest BCUT2D eigenvalue weighted by Crippen LogP contribution is -2.17. The highest BCUT2D eigenvalue weighted by molar-refractivity contribution is 7.15. The molecule has 0 bridgehead atoms. The zero-order valence-electron chi connectivity index (χ0n) is 10.9. The minimum atomic E-state index is 1.14. The molecule has 1 aliphatic rings. The SMILES string of the molecule is Cc1nc(-c2cccc(N3CCCC3)c2)sc1C. The topological polar surface area (TPSA) is 16.1 Å². The van der Waals surface area contributed by atoms with Gasteiger partial charge in [0.15, 0.2) is 0 Å². The quantitative estimate of drug-likeness (QED) is 0.808. The van der Waals surface area contributed by atoms with Crippen molar-refractivity contribution in [2.45, 2.75) is 26.7 Å². The number of aryl methyl sites for hydroxylation is 2. The fraction of sp³-hybridized carbons (Fsp3) is 0.400. The number of hydrogen-bond acceptors (Lipinski definition) is 3. The van der Waals surface area contributed by atoms with E-state index in [4.69, 9.17) is 0 Å². The van der Waals surface area contributed by atoms with Gasteiger partial charge in [-0.3, -0.25) is 0 Å². The van der Waals surface area contributed by atoms with Crippen LogP contribution < -0.4 is 4.90 Å². The highest BCUT2D eigenvalue weighted by atomic mass is 32.1. The van der Waals surface area contributed by atoms with Gasteiger partial charge in [-0.15, -0.1) is 11.3 Å². The minimum absolute atomic E-state index is 1.14. The Morgan fingerprint density at radius 1 is 1.17 bits per heavy atom. The van der Waals surface area contributed by atoms with Crippen LogP contribution in [0.15, 0.2) is 24.3 Å². The van der Waals surface area contributed by atoms with E-state index in [-0.39, 0.29) is 0 Å². The molecule has 1 aromatic carbocycles. The van der Waals surface area contributed by atoms with Crippen LogP contribution in [0.2, 0.25) is 0 Å². The molecular formula is C15H18N2S. The standard InChI is InChI=1S/C15H18N2S/c1-11-12(2)18-15(16-11)13-6-5-7-14(10-13)17-8-3-4-9-17/h5-7,10H,3-4,8-9H2,1-2H3. The second kappa shape index (κ2) is 4.73. The summed E-state index contributed by atoms with van der Waals surface area (Å²) in [6.45, 7) is 6.61. The largest absolute Gasteiger partial charge is 0.372 e. The van der Waals surface area contributed by atoms with E-state index in [1.165, 1.54) is 42.1 Å². The molecule has 1 aromatic heterocycles.